The van der Waals surface area contributed by atoms with Gasteiger partial charge in [0.05, 0.1) is 28.9 Å². The molecule has 1 unspecified atom stereocenters. The minimum Gasteiger partial charge on any atom is -0.496 e. The molecule has 0 aliphatic heterocycles. The number of nitrogens with two attached hydrogens (primary N) is 1. The lowest BCUT2D eigenvalue weighted by Gasteiger charge is -2.18. The third-order valence-electron chi connectivity index (χ3n) is 3.23. The Labute approximate surface area is 134 Å². The van der Waals surface area contributed by atoms with Crippen LogP contribution in [0.1, 0.15) is 22.9 Å². The summed E-state index contributed by atoms with van der Waals surface area (Å²) in [6.45, 7) is 2.03. The molecule has 2 rings (SSSR count). The van der Waals surface area contributed by atoms with Gasteiger partial charge in [-0.3, -0.25) is 16.3 Å². The van der Waals surface area contributed by atoms with Crippen LogP contribution in [0, 0.1) is 6.92 Å². The van der Waals surface area contributed by atoms with Crippen molar-refractivity contribution in [2.45, 2.75) is 19.4 Å². The second-order valence-corrected chi connectivity index (χ2v) is 5.60. The number of aryl methyl sites for hydroxylation is 1. The number of nitrogens with zero attached hydrogens (tertiary/aromatic N) is 1. The SMILES string of the molecule is COc1ccc(C)cc1CC(NN)c1ncc(Cl)cc1Cl. The van der Waals surface area contributed by atoms with Crippen molar-refractivity contribution >= 4 is 23.2 Å². The average Bonchev–Trinajstić information content (AvgIpc) is 2.45. The fourth-order valence-electron chi connectivity index (χ4n) is 2.20. The first-order valence-electron chi connectivity index (χ1n) is 6.45. The van der Waals surface area contributed by atoms with Crippen LogP contribution >= 0.6 is 23.2 Å². The summed E-state index contributed by atoms with van der Waals surface area (Å²) in [4.78, 5) is 4.28. The van der Waals surface area contributed by atoms with E-state index in [-0.39, 0.29) is 6.04 Å². The van der Waals surface area contributed by atoms with Crippen molar-refractivity contribution in [3.05, 3.63) is 57.3 Å². The topological polar surface area (TPSA) is 60.2 Å². The molecule has 21 heavy (non-hydrogen) atoms. The Morgan fingerprint density at radius 1 is 1.33 bits per heavy atom. The van der Waals surface area contributed by atoms with E-state index >= 15 is 0 Å². The van der Waals surface area contributed by atoms with Crippen molar-refractivity contribution in [1.82, 2.24) is 10.4 Å². The molecule has 0 spiro atoms. The molecule has 0 radical (unpaired) electrons. The minimum absolute atomic E-state index is 0.231. The highest BCUT2D eigenvalue weighted by Crippen LogP contribution is 2.29. The number of hydrogen-bond acceptors (Lipinski definition) is 4. The molecule has 0 saturated carbocycles. The van der Waals surface area contributed by atoms with Crippen LogP contribution in [0.25, 0.3) is 0 Å². The predicted molar refractivity (Wildman–Crippen MR) is 85.8 cm³/mol. The lowest BCUT2D eigenvalue weighted by atomic mass is 10.0. The minimum atomic E-state index is -0.231. The van der Waals surface area contributed by atoms with Gasteiger partial charge in [0.15, 0.2) is 0 Å². The van der Waals surface area contributed by atoms with Gasteiger partial charge in [0, 0.05) is 6.20 Å². The Balaban J connectivity index is 2.33. The Bertz CT molecular complexity index is 634. The van der Waals surface area contributed by atoms with Gasteiger partial charge in [-0.25, -0.2) is 0 Å². The molecule has 1 atom stereocenters. The second-order valence-electron chi connectivity index (χ2n) is 4.76. The van der Waals surface area contributed by atoms with Gasteiger partial charge < -0.3 is 4.74 Å². The molecule has 3 N–H and O–H groups in total. The van der Waals surface area contributed by atoms with E-state index in [1.165, 1.54) is 0 Å². The van der Waals surface area contributed by atoms with E-state index in [2.05, 4.69) is 16.5 Å². The fourth-order valence-corrected chi connectivity index (χ4v) is 2.71. The van der Waals surface area contributed by atoms with Gasteiger partial charge in [-0.1, -0.05) is 40.9 Å². The van der Waals surface area contributed by atoms with Crippen LogP contribution in [-0.2, 0) is 6.42 Å². The summed E-state index contributed by atoms with van der Waals surface area (Å²) in [6, 6.07) is 7.43. The summed E-state index contributed by atoms with van der Waals surface area (Å²) in [5, 5.41) is 0.977. The predicted octanol–water partition coefficient (Wildman–Crippen LogP) is 3.45. The largest absolute Gasteiger partial charge is 0.496 e. The fraction of sp³-hybridized carbons (Fsp3) is 0.267. The zero-order chi connectivity index (χ0) is 15.4. The van der Waals surface area contributed by atoms with E-state index in [1.807, 2.05) is 19.1 Å². The number of aromatic nitrogens is 1. The Morgan fingerprint density at radius 3 is 2.71 bits per heavy atom. The molecule has 0 fully saturated rings. The lowest BCUT2D eigenvalue weighted by Crippen LogP contribution is -2.30. The second kappa shape index (κ2) is 7.09. The van der Waals surface area contributed by atoms with E-state index in [1.54, 1.807) is 19.4 Å². The van der Waals surface area contributed by atoms with Crippen LogP contribution < -0.4 is 16.0 Å². The normalized spacial score (nSPS) is 12.2. The number of benzene rings is 1. The van der Waals surface area contributed by atoms with E-state index in [0.29, 0.717) is 22.2 Å². The molecule has 2 aromatic rings. The molecule has 1 aromatic heterocycles. The van der Waals surface area contributed by atoms with Crippen molar-refractivity contribution in [2.75, 3.05) is 7.11 Å². The van der Waals surface area contributed by atoms with Gasteiger partial charge >= 0.3 is 0 Å². The zero-order valence-corrected chi connectivity index (χ0v) is 13.4. The van der Waals surface area contributed by atoms with Crippen molar-refractivity contribution in [3.63, 3.8) is 0 Å². The van der Waals surface area contributed by atoms with Crippen molar-refractivity contribution in [2.24, 2.45) is 5.84 Å². The standard InChI is InChI=1S/C15H17Cl2N3O/c1-9-3-4-14(21-2)10(5-9)6-13(20-18)15-12(17)7-11(16)8-19-15/h3-5,7-8,13,20H,6,18H2,1-2H3. The van der Waals surface area contributed by atoms with Gasteiger partial charge in [-0.2, -0.15) is 0 Å². The first-order valence-corrected chi connectivity index (χ1v) is 7.21. The summed E-state index contributed by atoms with van der Waals surface area (Å²) >= 11 is 12.1. The molecule has 0 bridgehead atoms. The average molecular weight is 326 g/mol. The Hall–Kier alpha value is -1.33. The number of halogens is 2. The van der Waals surface area contributed by atoms with Crippen LogP contribution in [0.3, 0.4) is 0 Å². The summed E-state index contributed by atoms with van der Waals surface area (Å²) in [6.07, 6.45) is 2.16. The number of hydrogen-bond donors (Lipinski definition) is 2. The van der Waals surface area contributed by atoms with Gasteiger partial charge in [0.2, 0.25) is 0 Å². The van der Waals surface area contributed by atoms with Crippen LogP contribution in [0.5, 0.6) is 5.75 Å². The summed E-state index contributed by atoms with van der Waals surface area (Å²) in [5.41, 5.74) is 5.60. The number of pyridine rings is 1. The number of methoxy groups -OCH3 is 1. The molecule has 4 nitrogen and oxygen atoms in total. The van der Waals surface area contributed by atoms with Crippen LogP contribution in [0.15, 0.2) is 30.5 Å². The number of hydrazine groups is 1. The zero-order valence-electron chi connectivity index (χ0n) is 11.9. The molecular weight excluding hydrogens is 309 g/mol. The van der Waals surface area contributed by atoms with Crippen LogP contribution in [0.4, 0.5) is 0 Å². The summed E-state index contributed by atoms with van der Waals surface area (Å²) in [5.74, 6) is 6.48. The Kier molecular flexibility index (Phi) is 5.42. The maximum Gasteiger partial charge on any atom is 0.122 e. The van der Waals surface area contributed by atoms with E-state index in [9.17, 15) is 0 Å². The van der Waals surface area contributed by atoms with Crippen LogP contribution in [-0.4, -0.2) is 12.1 Å². The van der Waals surface area contributed by atoms with Gasteiger partial charge in [-0.15, -0.1) is 0 Å². The molecule has 1 heterocycles. The van der Waals surface area contributed by atoms with Crippen molar-refractivity contribution < 1.29 is 4.74 Å². The third kappa shape index (κ3) is 3.86. The smallest absolute Gasteiger partial charge is 0.122 e. The summed E-state index contributed by atoms with van der Waals surface area (Å²) < 4.78 is 5.39. The van der Waals surface area contributed by atoms with Crippen molar-refractivity contribution in [1.29, 1.82) is 0 Å². The van der Waals surface area contributed by atoms with Crippen LogP contribution in [0.2, 0.25) is 10.0 Å². The van der Waals surface area contributed by atoms with E-state index < -0.39 is 0 Å². The molecule has 0 amide bonds. The maximum atomic E-state index is 6.20. The number of rotatable bonds is 5. The van der Waals surface area contributed by atoms with E-state index in [0.717, 1.165) is 16.9 Å². The first-order chi connectivity index (χ1) is 10.0. The van der Waals surface area contributed by atoms with Crippen molar-refractivity contribution in [3.8, 4) is 5.75 Å². The Morgan fingerprint density at radius 2 is 2.10 bits per heavy atom. The highest BCUT2D eigenvalue weighted by Gasteiger charge is 2.18. The van der Waals surface area contributed by atoms with Gasteiger partial charge in [-0.05, 0) is 31.0 Å². The molecule has 0 aliphatic rings. The molecule has 112 valence electrons. The molecular formula is C15H17Cl2N3O. The quantitative estimate of drug-likeness (QED) is 0.653. The third-order valence-corrected chi connectivity index (χ3v) is 3.74. The first kappa shape index (κ1) is 16.0. The maximum absolute atomic E-state index is 6.20. The highest BCUT2D eigenvalue weighted by atomic mass is 35.5. The number of nitrogens with one attached hydrogen (secondary N) is 1. The molecule has 6 heteroatoms. The van der Waals surface area contributed by atoms with E-state index in [4.69, 9.17) is 33.8 Å². The molecule has 0 aliphatic carbocycles. The lowest BCUT2D eigenvalue weighted by molar-refractivity contribution is 0.405. The number of ether oxygens (including phenoxy) is 1. The molecule has 1 aromatic carbocycles. The summed E-state index contributed by atoms with van der Waals surface area (Å²) in [7, 11) is 1.65. The highest BCUT2D eigenvalue weighted by molar-refractivity contribution is 6.34. The molecule has 0 saturated heterocycles. The van der Waals surface area contributed by atoms with Gasteiger partial charge in [0.1, 0.15) is 5.75 Å². The van der Waals surface area contributed by atoms with Gasteiger partial charge in [0.25, 0.3) is 0 Å². The monoisotopic (exact) mass is 325 g/mol.